The van der Waals surface area contributed by atoms with E-state index in [1.165, 1.54) is 10.6 Å². The van der Waals surface area contributed by atoms with Gasteiger partial charge in [0.25, 0.3) is 0 Å². The Labute approximate surface area is 143 Å². The molecule has 0 atom stereocenters. The molecule has 0 aliphatic carbocycles. The topological polar surface area (TPSA) is 63.2 Å². The number of aryl methyl sites for hydroxylation is 2. The minimum Gasteiger partial charge on any atom is -0.494 e. The highest BCUT2D eigenvalue weighted by atomic mass is 35.5. The van der Waals surface area contributed by atoms with E-state index in [1.807, 2.05) is 19.9 Å². The molecule has 7 heteroatoms. The van der Waals surface area contributed by atoms with Crippen LogP contribution in [0, 0.1) is 13.8 Å². The summed E-state index contributed by atoms with van der Waals surface area (Å²) in [5.41, 5.74) is 2.95. The third-order valence-corrected chi connectivity index (χ3v) is 4.36. The Morgan fingerprint density at radius 1 is 1.04 bits per heavy atom. The van der Waals surface area contributed by atoms with E-state index in [9.17, 15) is 10.2 Å². The van der Waals surface area contributed by atoms with E-state index in [4.69, 9.17) is 23.2 Å². The first-order chi connectivity index (χ1) is 10.9. The maximum absolute atomic E-state index is 10.5. The van der Waals surface area contributed by atoms with Gasteiger partial charge in [-0.3, -0.25) is 9.25 Å². The zero-order valence-corrected chi connectivity index (χ0v) is 14.1. The van der Waals surface area contributed by atoms with Gasteiger partial charge < -0.3 is 10.2 Å². The Morgan fingerprint density at radius 3 is 2.39 bits per heavy atom. The van der Waals surface area contributed by atoms with Gasteiger partial charge in [-0.1, -0.05) is 23.2 Å². The lowest BCUT2D eigenvalue weighted by molar-refractivity contribution is 0.399. The first-order valence-electron chi connectivity index (χ1n) is 6.96. The fourth-order valence-electron chi connectivity index (χ4n) is 2.53. The van der Waals surface area contributed by atoms with Crippen LogP contribution in [0.15, 0.2) is 30.3 Å². The van der Waals surface area contributed by atoms with Gasteiger partial charge in [0.05, 0.1) is 28.0 Å². The van der Waals surface area contributed by atoms with Crippen LogP contribution >= 0.6 is 23.2 Å². The largest absolute Gasteiger partial charge is 0.494 e. The van der Waals surface area contributed by atoms with Gasteiger partial charge in [-0.15, -0.1) is 0 Å². The van der Waals surface area contributed by atoms with Gasteiger partial charge in [0.2, 0.25) is 5.88 Å². The third kappa shape index (κ3) is 2.90. The average molecular weight is 352 g/mol. The van der Waals surface area contributed by atoms with Crippen molar-refractivity contribution in [1.82, 2.24) is 14.3 Å². The predicted molar refractivity (Wildman–Crippen MR) is 89.9 cm³/mol. The van der Waals surface area contributed by atoms with E-state index >= 15 is 0 Å². The summed E-state index contributed by atoms with van der Waals surface area (Å²) in [6.45, 7) is 4.20. The summed E-state index contributed by atoms with van der Waals surface area (Å²) in [5.74, 6) is -0.147. The second-order valence-electron chi connectivity index (χ2n) is 5.37. The first-order valence-corrected chi connectivity index (χ1v) is 7.71. The molecule has 0 amide bonds. The summed E-state index contributed by atoms with van der Waals surface area (Å²) in [7, 11) is 0. The molecule has 2 aromatic heterocycles. The van der Waals surface area contributed by atoms with E-state index in [-0.39, 0.29) is 11.8 Å². The van der Waals surface area contributed by atoms with Crippen molar-refractivity contribution in [2.24, 2.45) is 0 Å². The first kappa shape index (κ1) is 15.8. The summed E-state index contributed by atoms with van der Waals surface area (Å²) < 4.78 is 3.08. The molecule has 3 rings (SSSR count). The van der Waals surface area contributed by atoms with Crippen LogP contribution < -0.4 is 0 Å². The second kappa shape index (κ2) is 5.83. The summed E-state index contributed by atoms with van der Waals surface area (Å²) in [4.78, 5) is 0. The highest BCUT2D eigenvalue weighted by molar-refractivity contribution is 6.42. The molecule has 5 nitrogen and oxygen atoms in total. The molecule has 0 unspecified atom stereocenters. The predicted octanol–water partition coefficient (Wildman–Crippen LogP) is 4.06. The molecule has 23 heavy (non-hydrogen) atoms. The van der Waals surface area contributed by atoms with Gasteiger partial charge in [-0.05, 0) is 38.1 Å². The quantitative estimate of drug-likeness (QED) is 0.747. The SMILES string of the molecule is Cc1cc(C)n(Cc2cc(O)n(-c3ccc(Cl)c(Cl)c3)c2O)n1. The van der Waals surface area contributed by atoms with Crippen LogP contribution in [-0.2, 0) is 6.54 Å². The lowest BCUT2D eigenvalue weighted by atomic mass is 10.3. The average Bonchev–Trinajstić information content (AvgIpc) is 2.93. The molecule has 0 aliphatic heterocycles. The van der Waals surface area contributed by atoms with E-state index in [1.54, 1.807) is 22.9 Å². The molecule has 2 N–H and O–H groups in total. The number of rotatable bonds is 3. The van der Waals surface area contributed by atoms with Crippen LogP contribution in [0.5, 0.6) is 11.8 Å². The third-order valence-electron chi connectivity index (χ3n) is 3.62. The van der Waals surface area contributed by atoms with Gasteiger partial charge in [0.15, 0.2) is 5.88 Å². The van der Waals surface area contributed by atoms with Crippen LogP contribution in [0.4, 0.5) is 0 Å². The fourth-order valence-corrected chi connectivity index (χ4v) is 2.82. The smallest absolute Gasteiger partial charge is 0.203 e. The molecule has 0 bridgehead atoms. The Bertz CT molecular complexity index is 884. The molecular weight excluding hydrogens is 337 g/mol. The molecule has 0 fully saturated rings. The second-order valence-corrected chi connectivity index (χ2v) is 6.18. The molecular formula is C16H15Cl2N3O2. The Kier molecular flexibility index (Phi) is 4.00. The number of nitrogens with zero attached hydrogens (tertiary/aromatic N) is 3. The van der Waals surface area contributed by atoms with Crippen molar-refractivity contribution in [2.75, 3.05) is 0 Å². The number of benzene rings is 1. The number of hydrogen-bond donors (Lipinski definition) is 2. The Morgan fingerprint density at radius 2 is 1.78 bits per heavy atom. The molecule has 0 saturated heterocycles. The van der Waals surface area contributed by atoms with Crippen molar-refractivity contribution in [3.63, 3.8) is 0 Å². The Balaban J connectivity index is 2.02. The van der Waals surface area contributed by atoms with Gasteiger partial charge in [-0.2, -0.15) is 5.10 Å². The highest BCUT2D eigenvalue weighted by Gasteiger charge is 2.17. The van der Waals surface area contributed by atoms with Crippen LogP contribution in [0.1, 0.15) is 17.0 Å². The number of halogens is 2. The fraction of sp³-hybridized carbons (Fsp3) is 0.188. The Hall–Kier alpha value is -2.11. The lowest BCUT2D eigenvalue weighted by Crippen LogP contribution is -2.03. The molecule has 0 aliphatic rings. The molecule has 120 valence electrons. The van der Waals surface area contributed by atoms with E-state index in [2.05, 4.69) is 5.10 Å². The van der Waals surface area contributed by atoms with Crippen molar-refractivity contribution < 1.29 is 10.2 Å². The molecule has 2 heterocycles. The van der Waals surface area contributed by atoms with Gasteiger partial charge >= 0.3 is 0 Å². The van der Waals surface area contributed by atoms with Crippen LogP contribution in [-0.4, -0.2) is 24.6 Å². The van der Waals surface area contributed by atoms with Crippen molar-refractivity contribution in [2.45, 2.75) is 20.4 Å². The minimum absolute atomic E-state index is 0.0616. The monoisotopic (exact) mass is 351 g/mol. The zero-order chi connectivity index (χ0) is 16.7. The van der Waals surface area contributed by atoms with Gasteiger partial charge in [-0.25, -0.2) is 0 Å². The molecule has 3 aromatic rings. The number of aromatic nitrogens is 3. The lowest BCUT2D eigenvalue weighted by Gasteiger charge is -2.09. The minimum atomic E-state index is -0.0857. The molecule has 1 aromatic carbocycles. The van der Waals surface area contributed by atoms with Crippen molar-refractivity contribution >= 4 is 23.2 Å². The number of hydrogen-bond acceptors (Lipinski definition) is 3. The summed E-state index contributed by atoms with van der Waals surface area (Å²) in [5, 5.41) is 25.8. The highest BCUT2D eigenvalue weighted by Crippen LogP contribution is 2.34. The van der Waals surface area contributed by atoms with E-state index in [0.29, 0.717) is 27.8 Å². The van der Waals surface area contributed by atoms with Gasteiger partial charge in [0.1, 0.15) is 0 Å². The standard InChI is InChI=1S/C16H15Cl2N3O2/c1-9-5-10(2)20(19-9)8-11-6-15(22)21(16(11)23)12-3-4-13(17)14(18)7-12/h3-7,22-23H,8H2,1-2H3. The maximum atomic E-state index is 10.5. The van der Waals surface area contributed by atoms with Crippen molar-refractivity contribution in [3.05, 3.63) is 57.3 Å². The van der Waals surface area contributed by atoms with Crippen LogP contribution in [0.2, 0.25) is 10.0 Å². The number of aromatic hydroxyl groups is 2. The zero-order valence-electron chi connectivity index (χ0n) is 12.6. The van der Waals surface area contributed by atoms with Gasteiger partial charge in [0, 0.05) is 17.3 Å². The maximum Gasteiger partial charge on any atom is 0.203 e. The van der Waals surface area contributed by atoms with E-state index < -0.39 is 0 Å². The molecule has 0 radical (unpaired) electrons. The van der Waals surface area contributed by atoms with Crippen LogP contribution in [0.25, 0.3) is 5.69 Å². The van der Waals surface area contributed by atoms with Crippen LogP contribution in [0.3, 0.4) is 0 Å². The summed E-state index contributed by atoms with van der Waals surface area (Å²) in [6, 6.07) is 8.32. The summed E-state index contributed by atoms with van der Waals surface area (Å²) >= 11 is 11.9. The van der Waals surface area contributed by atoms with E-state index in [0.717, 1.165) is 11.4 Å². The van der Waals surface area contributed by atoms with Crippen molar-refractivity contribution in [3.8, 4) is 17.4 Å². The normalized spacial score (nSPS) is 11.1. The molecule has 0 saturated carbocycles. The summed E-state index contributed by atoms with van der Waals surface area (Å²) in [6.07, 6.45) is 0. The molecule has 0 spiro atoms. The van der Waals surface area contributed by atoms with Crippen molar-refractivity contribution in [1.29, 1.82) is 0 Å².